The Kier molecular flexibility index (Phi) is 5.09. The molecule has 0 saturated carbocycles. The summed E-state index contributed by atoms with van der Waals surface area (Å²) < 4.78 is 49.2. The van der Waals surface area contributed by atoms with E-state index in [9.17, 15) is 16.8 Å². The smallest absolute Gasteiger partial charge is 0.215 e. The van der Waals surface area contributed by atoms with Crippen molar-refractivity contribution >= 4 is 31.0 Å². The van der Waals surface area contributed by atoms with Gasteiger partial charge in [0.05, 0.1) is 15.5 Å². The predicted molar refractivity (Wildman–Crippen MR) is 87.9 cm³/mol. The molecule has 0 atom stereocenters. The zero-order valence-corrected chi connectivity index (χ0v) is 14.9. The van der Waals surface area contributed by atoms with E-state index >= 15 is 0 Å². The molecule has 4 nitrogen and oxygen atoms in total. The topological polar surface area (TPSA) is 68.3 Å². The summed E-state index contributed by atoms with van der Waals surface area (Å²) in [7, 11) is -6.91. The van der Waals surface area contributed by atoms with Crippen LogP contribution in [0.5, 0.6) is 0 Å². The van der Waals surface area contributed by atoms with E-state index in [-0.39, 0.29) is 19.8 Å². The average molecular weight is 359 g/mol. The standard InChI is InChI=1S/C15H18O4S3/c1-3-11-21(16,17)13-6-8-14(9-7-13)22(18,19)15-10-5-12(4-2)20-15/h5-10H,3-4,11H2,1-2H3. The van der Waals surface area contributed by atoms with Crippen LogP contribution in [0.1, 0.15) is 25.1 Å². The van der Waals surface area contributed by atoms with E-state index < -0.39 is 19.7 Å². The van der Waals surface area contributed by atoms with Gasteiger partial charge in [0.2, 0.25) is 9.84 Å². The molecule has 0 aliphatic carbocycles. The van der Waals surface area contributed by atoms with Crippen molar-refractivity contribution in [3.8, 4) is 0 Å². The first-order valence-electron chi connectivity index (χ1n) is 6.98. The number of sulfone groups is 2. The first kappa shape index (κ1) is 17.2. The van der Waals surface area contributed by atoms with Crippen LogP contribution in [0.3, 0.4) is 0 Å². The molecule has 120 valence electrons. The lowest BCUT2D eigenvalue weighted by Gasteiger charge is -2.05. The first-order valence-corrected chi connectivity index (χ1v) is 10.9. The van der Waals surface area contributed by atoms with Crippen molar-refractivity contribution < 1.29 is 16.8 Å². The summed E-state index contributed by atoms with van der Waals surface area (Å²) in [5, 5.41) is 0. The van der Waals surface area contributed by atoms with Crippen molar-refractivity contribution in [3.63, 3.8) is 0 Å². The molecule has 0 radical (unpaired) electrons. The highest BCUT2D eigenvalue weighted by Crippen LogP contribution is 2.28. The van der Waals surface area contributed by atoms with Crippen LogP contribution in [0.25, 0.3) is 0 Å². The van der Waals surface area contributed by atoms with Gasteiger partial charge >= 0.3 is 0 Å². The van der Waals surface area contributed by atoms with E-state index in [1.54, 1.807) is 19.1 Å². The Hall–Kier alpha value is -1.18. The first-order chi connectivity index (χ1) is 10.3. The van der Waals surface area contributed by atoms with Crippen molar-refractivity contribution in [3.05, 3.63) is 41.3 Å². The second-order valence-corrected chi connectivity index (χ2v) is 10.3. The van der Waals surface area contributed by atoms with Crippen LogP contribution >= 0.6 is 11.3 Å². The van der Waals surface area contributed by atoms with Gasteiger partial charge in [-0.05, 0) is 49.2 Å². The minimum absolute atomic E-state index is 0.0594. The lowest BCUT2D eigenvalue weighted by Crippen LogP contribution is -2.06. The molecule has 0 aliphatic heterocycles. The quantitative estimate of drug-likeness (QED) is 0.794. The van der Waals surface area contributed by atoms with Crippen LogP contribution in [0.4, 0.5) is 0 Å². The average Bonchev–Trinajstić information content (AvgIpc) is 2.97. The molecule has 2 aromatic rings. The third kappa shape index (κ3) is 3.42. The number of aryl methyl sites for hydroxylation is 1. The highest BCUT2D eigenvalue weighted by molar-refractivity contribution is 7.93. The number of benzene rings is 1. The molecule has 0 amide bonds. The van der Waals surface area contributed by atoms with Gasteiger partial charge in [0.1, 0.15) is 4.21 Å². The van der Waals surface area contributed by atoms with Crippen LogP contribution < -0.4 is 0 Å². The molecule has 1 aromatic carbocycles. The number of thiophene rings is 1. The van der Waals surface area contributed by atoms with Crippen LogP contribution in [0.15, 0.2) is 50.4 Å². The van der Waals surface area contributed by atoms with Gasteiger partial charge < -0.3 is 0 Å². The number of rotatable bonds is 6. The summed E-state index contributed by atoms with van der Waals surface area (Å²) >= 11 is 1.25. The van der Waals surface area contributed by atoms with Gasteiger partial charge in [-0.25, -0.2) is 16.8 Å². The van der Waals surface area contributed by atoms with Crippen molar-refractivity contribution in [2.75, 3.05) is 5.75 Å². The fourth-order valence-corrected chi connectivity index (χ4v) is 6.04. The molecule has 2 rings (SSSR count). The minimum Gasteiger partial charge on any atom is -0.224 e. The van der Waals surface area contributed by atoms with Crippen molar-refractivity contribution in [1.29, 1.82) is 0 Å². The van der Waals surface area contributed by atoms with Gasteiger partial charge in [0, 0.05) is 4.88 Å². The molecule has 0 N–H and O–H groups in total. The van der Waals surface area contributed by atoms with Gasteiger partial charge in [0.25, 0.3) is 0 Å². The number of hydrogen-bond acceptors (Lipinski definition) is 5. The molecular weight excluding hydrogens is 340 g/mol. The molecular formula is C15H18O4S3. The Balaban J connectivity index is 2.38. The summed E-state index contributed by atoms with van der Waals surface area (Å²) in [5.41, 5.74) is 0. The van der Waals surface area contributed by atoms with E-state index in [0.29, 0.717) is 6.42 Å². The molecule has 0 aliphatic rings. The van der Waals surface area contributed by atoms with Crippen molar-refractivity contribution in [1.82, 2.24) is 0 Å². The third-order valence-corrected chi connectivity index (χ3v) is 8.64. The fraction of sp³-hybridized carbons (Fsp3) is 0.333. The second-order valence-electron chi connectivity index (χ2n) is 4.87. The normalized spacial score (nSPS) is 12.5. The van der Waals surface area contributed by atoms with Gasteiger partial charge in [0.15, 0.2) is 9.84 Å². The molecule has 0 spiro atoms. The summed E-state index contributed by atoms with van der Waals surface area (Å²) in [4.78, 5) is 1.28. The Bertz CT molecular complexity index is 844. The van der Waals surface area contributed by atoms with E-state index in [0.717, 1.165) is 11.3 Å². The SMILES string of the molecule is CCCS(=O)(=O)c1ccc(S(=O)(=O)c2ccc(CC)s2)cc1. The largest absolute Gasteiger partial charge is 0.224 e. The maximum atomic E-state index is 12.5. The third-order valence-electron chi connectivity index (χ3n) is 3.22. The zero-order chi connectivity index (χ0) is 16.4. The monoisotopic (exact) mass is 358 g/mol. The molecule has 7 heteroatoms. The Morgan fingerprint density at radius 2 is 1.45 bits per heavy atom. The van der Waals surface area contributed by atoms with Crippen molar-refractivity contribution in [2.45, 2.75) is 40.7 Å². The van der Waals surface area contributed by atoms with E-state index in [1.807, 2.05) is 6.92 Å². The Morgan fingerprint density at radius 3 is 1.95 bits per heavy atom. The molecule has 0 saturated heterocycles. The van der Waals surface area contributed by atoms with Crippen LogP contribution in [-0.2, 0) is 26.1 Å². The summed E-state index contributed by atoms with van der Waals surface area (Å²) in [6.07, 6.45) is 1.31. The van der Waals surface area contributed by atoms with E-state index in [4.69, 9.17) is 0 Å². The zero-order valence-electron chi connectivity index (χ0n) is 12.4. The highest BCUT2D eigenvalue weighted by Gasteiger charge is 2.21. The predicted octanol–water partition coefficient (Wildman–Crippen LogP) is 3.33. The molecule has 1 heterocycles. The van der Waals surface area contributed by atoms with E-state index in [1.165, 1.54) is 35.6 Å². The summed E-state index contributed by atoms with van der Waals surface area (Å²) in [6.45, 7) is 3.76. The van der Waals surface area contributed by atoms with Crippen LogP contribution in [0, 0.1) is 0 Å². The van der Waals surface area contributed by atoms with Crippen molar-refractivity contribution in [2.24, 2.45) is 0 Å². The summed E-state index contributed by atoms with van der Waals surface area (Å²) in [6, 6.07) is 8.86. The Labute approximate surface area is 135 Å². The molecule has 0 bridgehead atoms. The van der Waals surface area contributed by atoms with Crippen LogP contribution in [-0.4, -0.2) is 22.6 Å². The van der Waals surface area contributed by atoms with Gasteiger partial charge in [-0.15, -0.1) is 11.3 Å². The molecule has 0 fully saturated rings. The minimum atomic E-state index is -3.58. The fourth-order valence-electron chi connectivity index (χ4n) is 2.02. The maximum absolute atomic E-state index is 12.5. The Morgan fingerprint density at radius 1 is 0.864 bits per heavy atom. The van der Waals surface area contributed by atoms with Gasteiger partial charge in [-0.1, -0.05) is 13.8 Å². The lowest BCUT2D eigenvalue weighted by atomic mass is 10.4. The summed E-state index contributed by atoms with van der Waals surface area (Å²) in [5.74, 6) is 0.0594. The van der Waals surface area contributed by atoms with Gasteiger partial charge in [-0.2, -0.15) is 0 Å². The molecule has 1 aromatic heterocycles. The maximum Gasteiger partial charge on any atom is 0.215 e. The van der Waals surface area contributed by atoms with Gasteiger partial charge in [-0.3, -0.25) is 0 Å². The molecule has 22 heavy (non-hydrogen) atoms. The highest BCUT2D eigenvalue weighted by atomic mass is 32.2. The number of hydrogen-bond donors (Lipinski definition) is 0. The molecule has 0 unspecified atom stereocenters. The van der Waals surface area contributed by atoms with Crippen LogP contribution in [0.2, 0.25) is 0 Å². The lowest BCUT2D eigenvalue weighted by molar-refractivity contribution is 0.592. The van der Waals surface area contributed by atoms with E-state index in [2.05, 4.69) is 0 Å². The second kappa shape index (κ2) is 6.52.